The van der Waals surface area contributed by atoms with Crippen LogP contribution in [0.15, 0.2) is 24.3 Å². The van der Waals surface area contributed by atoms with Crippen LogP contribution in [0.25, 0.3) is 0 Å². The molecule has 1 N–H and O–H groups in total. The molecule has 1 fully saturated rings. The molecule has 0 amide bonds. The van der Waals surface area contributed by atoms with Crippen LogP contribution in [0.2, 0.25) is 0 Å². The SMILES string of the molecule is CNC(c1ccc(C)cc1)C(OC)C1CC1. The summed E-state index contributed by atoms with van der Waals surface area (Å²) in [7, 11) is 3.83. The Balaban J connectivity index is 2.16. The van der Waals surface area contributed by atoms with Gasteiger partial charge in [0.15, 0.2) is 0 Å². The Morgan fingerprint density at radius 3 is 2.31 bits per heavy atom. The lowest BCUT2D eigenvalue weighted by Crippen LogP contribution is -2.32. The quantitative estimate of drug-likeness (QED) is 0.822. The number of hydrogen-bond donors (Lipinski definition) is 1. The van der Waals surface area contributed by atoms with Crippen molar-refractivity contribution in [3.63, 3.8) is 0 Å². The number of rotatable bonds is 5. The average molecular weight is 219 g/mol. The summed E-state index contributed by atoms with van der Waals surface area (Å²) in [4.78, 5) is 0. The first kappa shape index (κ1) is 11.6. The third kappa shape index (κ3) is 2.45. The number of hydrogen-bond acceptors (Lipinski definition) is 2. The monoisotopic (exact) mass is 219 g/mol. The molecule has 0 aromatic heterocycles. The van der Waals surface area contributed by atoms with Crippen LogP contribution in [0.3, 0.4) is 0 Å². The lowest BCUT2D eigenvalue weighted by molar-refractivity contribution is 0.0530. The summed E-state index contributed by atoms with van der Waals surface area (Å²) in [6.45, 7) is 2.12. The Labute approximate surface area is 98.0 Å². The van der Waals surface area contributed by atoms with E-state index in [1.807, 2.05) is 14.2 Å². The third-order valence-corrected chi connectivity index (χ3v) is 3.43. The minimum atomic E-state index is 0.313. The first-order chi connectivity index (χ1) is 7.76. The highest BCUT2D eigenvalue weighted by atomic mass is 16.5. The molecule has 1 aliphatic rings. The Hall–Kier alpha value is -0.860. The summed E-state index contributed by atoms with van der Waals surface area (Å²) in [6.07, 6.45) is 2.93. The predicted octanol–water partition coefficient (Wildman–Crippen LogP) is 2.68. The van der Waals surface area contributed by atoms with Gasteiger partial charge in [-0.1, -0.05) is 29.8 Å². The fraction of sp³-hybridized carbons (Fsp3) is 0.571. The van der Waals surface area contributed by atoms with Crippen LogP contribution in [0.4, 0.5) is 0 Å². The molecule has 2 atom stereocenters. The smallest absolute Gasteiger partial charge is 0.0793 e. The number of benzene rings is 1. The first-order valence-electron chi connectivity index (χ1n) is 6.03. The van der Waals surface area contributed by atoms with E-state index in [0.717, 1.165) is 5.92 Å². The van der Waals surface area contributed by atoms with Gasteiger partial charge in [-0.3, -0.25) is 0 Å². The molecular formula is C14H21NO. The van der Waals surface area contributed by atoms with Crippen molar-refractivity contribution >= 4 is 0 Å². The fourth-order valence-electron chi connectivity index (χ4n) is 2.32. The molecule has 0 aliphatic heterocycles. The largest absolute Gasteiger partial charge is 0.379 e. The maximum Gasteiger partial charge on any atom is 0.0793 e. The van der Waals surface area contributed by atoms with Crippen molar-refractivity contribution in [2.24, 2.45) is 5.92 Å². The van der Waals surface area contributed by atoms with Gasteiger partial charge in [-0.15, -0.1) is 0 Å². The lowest BCUT2D eigenvalue weighted by Gasteiger charge is -2.26. The molecule has 2 unspecified atom stereocenters. The summed E-state index contributed by atoms with van der Waals surface area (Å²) in [5, 5.41) is 3.39. The van der Waals surface area contributed by atoms with Crippen LogP contribution in [0, 0.1) is 12.8 Å². The number of nitrogens with one attached hydrogen (secondary N) is 1. The maximum absolute atomic E-state index is 5.65. The highest BCUT2D eigenvalue weighted by molar-refractivity contribution is 5.25. The summed E-state index contributed by atoms with van der Waals surface area (Å²) < 4.78 is 5.65. The van der Waals surface area contributed by atoms with Gasteiger partial charge in [0.05, 0.1) is 12.1 Å². The van der Waals surface area contributed by atoms with Crippen LogP contribution in [0.1, 0.15) is 30.0 Å². The summed E-state index contributed by atoms with van der Waals surface area (Å²) >= 11 is 0. The predicted molar refractivity (Wildman–Crippen MR) is 66.5 cm³/mol. The van der Waals surface area contributed by atoms with Crippen molar-refractivity contribution < 1.29 is 4.74 Å². The van der Waals surface area contributed by atoms with Crippen LogP contribution < -0.4 is 5.32 Å². The van der Waals surface area contributed by atoms with Crippen molar-refractivity contribution in [2.45, 2.75) is 31.9 Å². The summed E-state index contributed by atoms with van der Waals surface area (Å²) in [6, 6.07) is 9.05. The Kier molecular flexibility index (Phi) is 3.62. The second-order valence-electron chi connectivity index (χ2n) is 4.71. The van der Waals surface area contributed by atoms with Gasteiger partial charge in [0, 0.05) is 7.11 Å². The van der Waals surface area contributed by atoms with E-state index in [2.05, 4.69) is 36.5 Å². The topological polar surface area (TPSA) is 21.3 Å². The molecule has 2 nitrogen and oxygen atoms in total. The van der Waals surface area contributed by atoms with Gasteiger partial charge in [-0.05, 0) is 38.3 Å². The zero-order valence-electron chi connectivity index (χ0n) is 10.4. The molecule has 1 aromatic rings. The van der Waals surface area contributed by atoms with E-state index < -0.39 is 0 Å². The molecule has 0 bridgehead atoms. The van der Waals surface area contributed by atoms with E-state index in [4.69, 9.17) is 4.74 Å². The molecule has 1 saturated carbocycles. The number of aryl methyl sites for hydroxylation is 1. The Morgan fingerprint density at radius 1 is 1.25 bits per heavy atom. The van der Waals surface area contributed by atoms with Gasteiger partial charge < -0.3 is 10.1 Å². The first-order valence-corrected chi connectivity index (χ1v) is 6.03. The standard InChI is InChI=1S/C14H21NO/c1-10-4-6-11(7-5-10)13(15-2)14(16-3)12-8-9-12/h4-7,12-15H,8-9H2,1-3H3. The Morgan fingerprint density at radius 2 is 1.88 bits per heavy atom. The van der Waals surface area contributed by atoms with E-state index in [9.17, 15) is 0 Å². The van der Waals surface area contributed by atoms with Gasteiger partial charge in [-0.25, -0.2) is 0 Å². The van der Waals surface area contributed by atoms with E-state index in [0.29, 0.717) is 12.1 Å². The van der Waals surface area contributed by atoms with E-state index in [1.165, 1.54) is 24.0 Å². The Bertz CT molecular complexity index is 329. The van der Waals surface area contributed by atoms with E-state index >= 15 is 0 Å². The molecule has 88 valence electrons. The summed E-state index contributed by atoms with van der Waals surface area (Å²) in [5.74, 6) is 0.740. The second kappa shape index (κ2) is 4.98. The molecule has 1 aliphatic carbocycles. The van der Waals surface area contributed by atoms with Gasteiger partial charge in [0.1, 0.15) is 0 Å². The normalized spacial score (nSPS) is 19.4. The molecule has 0 saturated heterocycles. The van der Waals surface area contributed by atoms with Gasteiger partial charge in [0.25, 0.3) is 0 Å². The number of ether oxygens (including phenoxy) is 1. The minimum absolute atomic E-state index is 0.313. The third-order valence-electron chi connectivity index (χ3n) is 3.43. The molecule has 16 heavy (non-hydrogen) atoms. The minimum Gasteiger partial charge on any atom is -0.379 e. The molecule has 1 aromatic carbocycles. The van der Waals surface area contributed by atoms with Gasteiger partial charge >= 0.3 is 0 Å². The second-order valence-corrected chi connectivity index (χ2v) is 4.71. The lowest BCUT2D eigenvalue weighted by atomic mass is 9.97. The van der Waals surface area contributed by atoms with Crippen molar-refractivity contribution in [2.75, 3.05) is 14.2 Å². The van der Waals surface area contributed by atoms with Crippen molar-refractivity contribution in [3.05, 3.63) is 35.4 Å². The van der Waals surface area contributed by atoms with Crippen LogP contribution in [-0.4, -0.2) is 20.3 Å². The van der Waals surface area contributed by atoms with E-state index in [-0.39, 0.29) is 0 Å². The van der Waals surface area contributed by atoms with Crippen molar-refractivity contribution in [1.29, 1.82) is 0 Å². The highest BCUT2D eigenvalue weighted by Crippen LogP contribution is 2.39. The van der Waals surface area contributed by atoms with Crippen LogP contribution >= 0.6 is 0 Å². The van der Waals surface area contributed by atoms with Crippen LogP contribution in [0.5, 0.6) is 0 Å². The number of likely N-dealkylation sites (N-methyl/N-ethyl adjacent to an activating group) is 1. The highest BCUT2D eigenvalue weighted by Gasteiger charge is 2.36. The molecule has 2 heteroatoms. The molecule has 0 spiro atoms. The fourth-order valence-corrected chi connectivity index (χ4v) is 2.32. The average Bonchev–Trinajstić information content (AvgIpc) is 3.11. The van der Waals surface area contributed by atoms with Gasteiger partial charge in [-0.2, -0.15) is 0 Å². The zero-order chi connectivity index (χ0) is 11.5. The molecule has 0 heterocycles. The van der Waals surface area contributed by atoms with Crippen LogP contribution in [-0.2, 0) is 4.74 Å². The maximum atomic E-state index is 5.65. The van der Waals surface area contributed by atoms with Crippen molar-refractivity contribution in [3.8, 4) is 0 Å². The van der Waals surface area contributed by atoms with E-state index in [1.54, 1.807) is 0 Å². The molecule has 0 radical (unpaired) electrons. The summed E-state index contributed by atoms with van der Waals surface area (Å²) in [5.41, 5.74) is 2.63. The molecular weight excluding hydrogens is 198 g/mol. The van der Waals surface area contributed by atoms with Gasteiger partial charge in [0.2, 0.25) is 0 Å². The molecule has 2 rings (SSSR count). The zero-order valence-corrected chi connectivity index (χ0v) is 10.4. The van der Waals surface area contributed by atoms with Crippen molar-refractivity contribution in [1.82, 2.24) is 5.32 Å². The number of methoxy groups -OCH3 is 1.